The lowest BCUT2D eigenvalue weighted by molar-refractivity contribution is 0.0697. The molecule has 106 valence electrons. The highest BCUT2D eigenvalue weighted by Crippen LogP contribution is 2.28. The Morgan fingerprint density at radius 3 is 2.86 bits per heavy atom. The van der Waals surface area contributed by atoms with E-state index in [2.05, 4.69) is 10.3 Å². The van der Waals surface area contributed by atoms with E-state index < -0.39 is 5.97 Å². The van der Waals surface area contributed by atoms with Gasteiger partial charge in [-0.2, -0.15) is 4.98 Å². The van der Waals surface area contributed by atoms with E-state index in [1.165, 1.54) is 12.1 Å². The number of ether oxygens (including phenoxy) is 1. The molecule has 0 radical (unpaired) electrons. The number of carboxylic acid groups (broad SMARTS) is 1. The van der Waals surface area contributed by atoms with E-state index in [0.717, 1.165) is 0 Å². The van der Waals surface area contributed by atoms with Gasteiger partial charge in [-0.05, 0) is 30.3 Å². The van der Waals surface area contributed by atoms with Gasteiger partial charge < -0.3 is 19.6 Å². The van der Waals surface area contributed by atoms with E-state index in [0.29, 0.717) is 22.5 Å². The molecule has 3 rings (SSSR count). The zero-order valence-electron chi connectivity index (χ0n) is 11.2. The summed E-state index contributed by atoms with van der Waals surface area (Å²) in [5, 5.41) is 12.0. The second-order valence-corrected chi connectivity index (χ2v) is 4.33. The van der Waals surface area contributed by atoms with Crippen LogP contribution in [0.15, 0.2) is 46.9 Å². The van der Waals surface area contributed by atoms with Gasteiger partial charge in [0.15, 0.2) is 5.58 Å². The van der Waals surface area contributed by atoms with Crippen molar-refractivity contribution in [2.24, 2.45) is 0 Å². The van der Waals surface area contributed by atoms with Crippen LogP contribution < -0.4 is 10.1 Å². The zero-order valence-corrected chi connectivity index (χ0v) is 11.2. The summed E-state index contributed by atoms with van der Waals surface area (Å²) in [4.78, 5) is 15.2. The third-order valence-corrected chi connectivity index (χ3v) is 2.98. The Hall–Kier alpha value is -3.02. The molecule has 6 heteroatoms. The number of aromatic carboxylic acids is 1. The lowest BCUT2D eigenvalue weighted by atomic mass is 10.2. The first-order valence-corrected chi connectivity index (χ1v) is 6.21. The normalized spacial score (nSPS) is 10.5. The minimum atomic E-state index is -1.01. The Bertz CT molecular complexity index is 810. The van der Waals surface area contributed by atoms with Crippen molar-refractivity contribution in [2.75, 3.05) is 12.4 Å². The summed E-state index contributed by atoms with van der Waals surface area (Å²) in [6.07, 6.45) is 0. The quantitative estimate of drug-likeness (QED) is 0.764. The summed E-state index contributed by atoms with van der Waals surface area (Å²) in [6.45, 7) is 0. The fraction of sp³-hybridized carbons (Fsp3) is 0.0667. The highest BCUT2D eigenvalue weighted by molar-refractivity contribution is 5.92. The molecule has 2 N–H and O–H groups in total. The van der Waals surface area contributed by atoms with E-state index in [4.69, 9.17) is 14.3 Å². The van der Waals surface area contributed by atoms with E-state index in [1.54, 1.807) is 13.2 Å². The van der Waals surface area contributed by atoms with Crippen molar-refractivity contribution >= 4 is 28.8 Å². The van der Waals surface area contributed by atoms with Gasteiger partial charge in [0.1, 0.15) is 11.3 Å². The zero-order chi connectivity index (χ0) is 14.8. The SMILES string of the molecule is COc1ccccc1Nc1nc2ccc(C(=O)O)cc2o1. The highest BCUT2D eigenvalue weighted by atomic mass is 16.5. The fourth-order valence-corrected chi connectivity index (χ4v) is 1.97. The first-order valence-electron chi connectivity index (χ1n) is 6.21. The number of methoxy groups -OCH3 is 1. The topological polar surface area (TPSA) is 84.6 Å². The van der Waals surface area contributed by atoms with Gasteiger partial charge in [0.2, 0.25) is 0 Å². The molecule has 0 saturated carbocycles. The number of hydrogen-bond acceptors (Lipinski definition) is 5. The predicted octanol–water partition coefficient (Wildman–Crippen LogP) is 3.28. The van der Waals surface area contributed by atoms with Crippen LogP contribution in [0.4, 0.5) is 11.7 Å². The van der Waals surface area contributed by atoms with Gasteiger partial charge in [-0.25, -0.2) is 4.79 Å². The van der Waals surface area contributed by atoms with Crippen LogP contribution >= 0.6 is 0 Å². The average molecular weight is 284 g/mol. The first-order chi connectivity index (χ1) is 10.2. The number of rotatable bonds is 4. The number of carboxylic acids is 1. The van der Waals surface area contributed by atoms with Crippen molar-refractivity contribution in [2.45, 2.75) is 0 Å². The summed E-state index contributed by atoms with van der Waals surface area (Å²) in [6, 6.07) is 12.2. The van der Waals surface area contributed by atoms with Crippen LogP contribution in [0.1, 0.15) is 10.4 Å². The van der Waals surface area contributed by atoms with Gasteiger partial charge in [0.25, 0.3) is 6.01 Å². The molecule has 1 aromatic heterocycles. The smallest absolute Gasteiger partial charge is 0.335 e. The van der Waals surface area contributed by atoms with Crippen molar-refractivity contribution < 1.29 is 19.1 Å². The minimum absolute atomic E-state index is 0.155. The average Bonchev–Trinajstić information content (AvgIpc) is 2.89. The molecule has 0 fully saturated rings. The third kappa shape index (κ3) is 2.51. The molecule has 1 heterocycles. The number of anilines is 2. The third-order valence-electron chi connectivity index (χ3n) is 2.98. The molecule has 3 aromatic rings. The summed E-state index contributed by atoms with van der Waals surface area (Å²) in [5.41, 5.74) is 1.86. The minimum Gasteiger partial charge on any atom is -0.495 e. The van der Waals surface area contributed by atoms with Crippen molar-refractivity contribution in [3.63, 3.8) is 0 Å². The first kappa shape index (κ1) is 13.0. The van der Waals surface area contributed by atoms with Crippen LogP contribution in [-0.4, -0.2) is 23.2 Å². The van der Waals surface area contributed by atoms with Gasteiger partial charge in [0.05, 0.1) is 18.4 Å². The molecular weight excluding hydrogens is 272 g/mol. The highest BCUT2D eigenvalue weighted by Gasteiger charge is 2.11. The number of benzene rings is 2. The molecule has 21 heavy (non-hydrogen) atoms. The van der Waals surface area contributed by atoms with E-state index >= 15 is 0 Å². The van der Waals surface area contributed by atoms with Crippen LogP contribution in [0.5, 0.6) is 5.75 Å². The number of hydrogen-bond donors (Lipinski definition) is 2. The predicted molar refractivity (Wildman–Crippen MR) is 77.2 cm³/mol. The van der Waals surface area contributed by atoms with Crippen molar-refractivity contribution in [1.82, 2.24) is 4.98 Å². The van der Waals surface area contributed by atoms with E-state index in [9.17, 15) is 4.79 Å². The fourth-order valence-electron chi connectivity index (χ4n) is 1.97. The van der Waals surface area contributed by atoms with Crippen molar-refractivity contribution in [3.05, 3.63) is 48.0 Å². The van der Waals surface area contributed by atoms with Gasteiger partial charge in [-0.1, -0.05) is 12.1 Å². The van der Waals surface area contributed by atoms with Gasteiger partial charge in [0, 0.05) is 0 Å². The number of fused-ring (bicyclic) bond motifs is 1. The summed E-state index contributed by atoms with van der Waals surface area (Å²) >= 11 is 0. The molecule has 0 atom stereocenters. The summed E-state index contributed by atoms with van der Waals surface area (Å²) < 4.78 is 10.8. The van der Waals surface area contributed by atoms with Gasteiger partial charge in [-0.3, -0.25) is 0 Å². The molecule has 2 aromatic carbocycles. The lowest BCUT2D eigenvalue weighted by Gasteiger charge is -2.07. The number of nitrogens with zero attached hydrogens (tertiary/aromatic N) is 1. The molecule has 0 aliphatic heterocycles. The van der Waals surface area contributed by atoms with E-state index in [-0.39, 0.29) is 11.6 Å². The van der Waals surface area contributed by atoms with Crippen LogP contribution in [0.3, 0.4) is 0 Å². The molecule has 0 bridgehead atoms. The summed E-state index contributed by atoms with van der Waals surface area (Å²) in [7, 11) is 1.58. The lowest BCUT2D eigenvalue weighted by Crippen LogP contribution is -1.94. The molecule has 0 saturated heterocycles. The maximum atomic E-state index is 10.9. The van der Waals surface area contributed by atoms with Crippen molar-refractivity contribution in [3.8, 4) is 5.75 Å². The van der Waals surface area contributed by atoms with Crippen LogP contribution in [0.25, 0.3) is 11.1 Å². The number of nitrogens with one attached hydrogen (secondary N) is 1. The molecule has 0 unspecified atom stereocenters. The maximum Gasteiger partial charge on any atom is 0.335 e. The Morgan fingerprint density at radius 2 is 2.10 bits per heavy atom. The Morgan fingerprint density at radius 1 is 1.29 bits per heavy atom. The van der Waals surface area contributed by atoms with Crippen LogP contribution in [-0.2, 0) is 0 Å². The van der Waals surface area contributed by atoms with Crippen molar-refractivity contribution in [1.29, 1.82) is 0 Å². The molecular formula is C15H12N2O4. The second kappa shape index (κ2) is 5.16. The van der Waals surface area contributed by atoms with Crippen LogP contribution in [0, 0.1) is 0 Å². The monoisotopic (exact) mass is 284 g/mol. The molecule has 0 amide bonds. The van der Waals surface area contributed by atoms with Crippen LogP contribution in [0.2, 0.25) is 0 Å². The second-order valence-electron chi connectivity index (χ2n) is 4.33. The molecule has 6 nitrogen and oxygen atoms in total. The largest absolute Gasteiger partial charge is 0.495 e. The number of para-hydroxylation sites is 2. The maximum absolute atomic E-state index is 10.9. The van der Waals surface area contributed by atoms with E-state index in [1.807, 2.05) is 24.3 Å². The Balaban J connectivity index is 1.96. The molecule has 0 aliphatic carbocycles. The molecule has 0 aliphatic rings. The summed E-state index contributed by atoms with van der Waals surface area (Å²) in [5.74, 6) is -0.349. The number of aromatic nitrogens is 1. The molecule has 0 spiro atoms. The van der Waals surface area contributed by atoms with Gasteiger partial charge >= 0.3 is 5.97 Å². The number of oxazole rings is 1. The van der Waals surface area contributed by atoms with Gasteiger partial charge in [-0.15, -0.1) is 0 Å². The number of carbonyl (C=O) groups is 1. The Kier molecular flexibility index (Phi) is 3.19. The standard InChI is InChI=1S/C15H12N2O4/c1-20-12-5-3-2-4-10(12)16-15-17-11-7-6-9(14(18)19)8-13(11)21-15/h2-8H,1H3,(H,16,17)(H,18,19). The Labute approximate surface area is 120 Å².